The van der Waals surface area contributed by atoms with Crippen LogP contribution in [-0.4, -0.2) is 0 Å². The molecular weight excluding hydrogens is 283 g/mol. The summed E-state index contributed by atoms with van der Waals surface area (Å²) >= 11 is 2.31. The molecule has 0 aliphatic carbocycles. The summed E-state index contributed by atoms with van der Waals surface area (Å²) in [7, 11) is 0. The Bertz CT molecular complexity index is 358. The number of hydrogen-bond donors (Lipinski definition) is 0. The van der Waals surface area contributed by atoms with Crippen LogP contribution >= 0.6 is 22.6 Å². The van der Waals surface area contributed by atoms with Crippen molar-refractivity contribution in [2.45, 2.75) is 6.92 Å². The number of halogens is 1. The minimum atomic E-state index is 1.16. The fraction of sp³-hybridized carbons (Fsp3) is 0.0769. The Kier molecular flexibility index (Phi) is 4.66. The fourth-order valence-corrected chi connectivity index (χ4v) is 1.46. The average Bonchev–Trinajstić information content (AvgIpc) is 2.26. The maximum atomic E-state index is 3.83. The number of allylic oxidation sites excluding steroid dienone is 5. The van der Waals surface area contributed by atoms with Gasteiger partial charge >= 0.3 is 0 Å². The molecule has 0 saturated heterocycles. The van der Waals surface area contributed by atoms with Gasteiger partial charge in [-0.15, -0.1) is 0 Å². The van der Waals surface area contributed by atoms with Gasteiger partial charge in [-0.3, -0.25) is 0 Å². The van der Waals surface area contributed by atoms with Crippen molar-refractivity contribution in [1.82, 2.24) is 0 Å². The molecule has 0 unspecified atom stereocenters. The molecule has 0 bridgehead atoms. The first-order valence-corrected chi connectivity index (χ1v) is 5.57. The summed E-state index contributed by atoms with van der Waals surface area (Å²) in [6.07, 6.45) is 6.09. The number of rotatable bonds is 3. The zero-order valence-corrected chi connectivity index (χ0v) is 10.4. The van der Waals surface area contributed by atoms with E-state index in [1.54, 1.807) is 0 Å². The van der Waals surface area contributed by atoms with Gasteiger partial charge in [0.2, 0.25) is 0 Å². The second-order valence-electron chi connectivity index (χ2n) is 2.84. The van der Waals surface area contributed by atoms with Crippen molar-refractivity contribution in [1.29, 1.82) is 0 Å². The van der Waals surface area contributed by atoms with Crippen molar-refractivity contribution < 1.29 is 0 Å². The van der Waals surface area contributed by atoms with Gasteiger partial charge in [-0.05, 0) is 46.7 Å². The molecule has 1 heteroatoms. The maximum absolute atomic E-state index is 3.83. The van der Waals surface area contributed by atoms with Gasteiger partial charge in [-0.2, -0.15) is 0 Å². The third-order valence-corrected chi connectivity index (χ3v) is 2.83. The maximum Gasteiger partial charge on any atom is 0.00933 e. The van der Waals surface area contributed by atoms with Crippen LogP contribution in [0, 0.1) is 0 Å². The molecule has 1 rings (SSSR count). The van der Waals surface area contributed by atoms with Crippen molar-refractivity contribution in [3.63, 3.8) is 0 Å². The van der Waals surface area contributed by atoms with Gasteiger partial charge in [-0.1, -0.05) is 49.1 Å². The molecule has 0 radical (unpaired) electrons. The van der Waals surface area contributed by atoms with Crippen LogP contribution in [-0.2, 0) is 0 Å². The number of benzene rings is 1. The third kappa shape index (κ3) is 3.14. The largest absolute Gasteiger partial charge is 0.0984 e. The van der Waals surface area contributed by atoms with Crippen LogP contribution in [0.4, 0.5) is 0 Å². The molecule has 0 saturated carbocycles. The normalized spacial score (nSPS) is 12.7. The summed E-state index contributed by atoms with van der Waals surface area (Å²) < 4.78 is 1.22. The first kappa shape index (κ1) is 11.2. The lowest BCUT2D eigenvalue weighted by Crippen LogP contribution is -1.79. The van der Waals surface area contributed by atoms with Crippen LogP contribution in [0.15, 0.2) is 58.7 Å². The number of hydrogen-bond acceptors (Lipinski definition) is 0. The average molecular weight is 296 g/mol. The zero-order chi connectivity index (χ0) is 10.4. The summed E-state index contributed by atoms with van der Waals surface area (Å²) in [4.78, 5) is 0. The van der Waals surface area contributed by atoms with Crippen LogP contribution in [0.25, 0.3) is 5.57 Å². The monoisotopic (exact) mass is 296 g/mol. The van der Waals surface area contributed by atoms with Crippen molar-refractivity contribution in [2.75, 3.05) is 0 Å². The lowest BCUT2D eigenvalue weighted by atomic mass is 10.1. The van der Waals surface area contributed by atoms with E-state index in [9.17, 15) is 0 Å². The van der Waals surface area contributed by atoms with Crippen molar-refractivity contribution in [3.05, 3.63) is 64.3 Å². The van der Waals surface area contributed by atoms with E-state index in [1.807, 2.05) is 31.2 Å². The van der Waals surface area contributed by atoms with E-state index < -0.39 is 0 Å². The highest BCUT2D eigenvalue weighted by Crippen LogP contribution is 2.19. The highest BCUT2D eigenvalue weighted by atomic mass is 127. The Morgan fingerprint density at radius 2 is 1.93 bits per heavy atom. The first-order chi connectivity index (χ1) is 6.77. The second-order valence-corrected chi connectivity index (χ2v) is 4.09. The van der Waals surface area contributed by atoms with Crippen LogP contribution < -0.4 is 0 Å². The van der Waals surface area contributed by atoms with E-state index in [4.69, 9.17) is 0 Å². The molecule has 0 aliphatic heterocycles. The van der Waals surface area contributed by atoms with Crippen LogP contribution in [0.1, 0.15) is 12.5 Å². The molecule has 0 nitrogen and oxygen atoms in total. The summed E-state index contributed by atoms with van der Waals surface area (Å²) in [5.74, 6) is 0. The SMILES string of the molecule is C=C/C(=C\C(I)=C/C)c1ccccc1. The first-order valence-electron chi connectivity index (χ1n) is 4.49. The standard InChI is InChI=1S/C13H13I/c1-3-11(10-13(14)4-2)12-8-6-5-7-9-12/h3-10H,1H2,2H3/b11-10+,13-4+. The Morgan fingerprint density at radius 1 is 1.29 bits per heavy atom. The van der Waals surface area contributed by atoms with E-state index in [-0.39, 0.29) is 0 Å². The van der Waals surface area contributed by atoms with Crippen molar-refractivity contribution in [2.24, 2.45) is 0 Å². The van der Waals surface area contributed by atoms with Crippen LogP contribution in [0.5, 0.6) is 0 Å². The molecule has 0 fully saturated rings. The second kappa shape index (κ2) is 5.81. The van der Waals surface area contributed by atoms with Crippen molar-refractivity contribution in [3.8, 4) is 0 Å². The molecule has 0 amide bonds. The molecule has 0 N–H and O–H groups in total. The van der Waals surface area contributed by atoms with Gasteiger partial charge < -0.3 is 0 Å². The molecule has 0 atom stereocenters. The molecule has 0 heterocycles. The van der Waals surface area contributed by atoms with Crippen LogP contribution in [0.3, 0.4) is 0 Å². The molecule has 0 spiro atoms. The van der Waals surface area contributed by atoms with Crippen molar-refractivity contribution >= 4 is 28.2 Å². The van der Waals surface area contributed by atoms with Gasteiger partial charge in [0.15, 0.2) is 0 Å². The molecule has 1 aromatic rings. The third-order valence-electron chi connectivity index (χ3n) is 1.90. The van der Waals surface area contributed by atoms with Gasteiger partial charge in [0.05, 0.1) is 0 Å². The zero-order valence-electron chi connectivity index (χ0n) is 8.20. The molecule has 72 valence electrons. The van der Waals surface area contributed by atoms with Crippen LogP contribution in [0.2, 0.25) is 0 Å². The highest BCUT2D eigenvalue weighted by Gasteiger charge is 1.95. The predicted molar refractivity (Wildman–Crippen MR) is 72.4 cm³/mol. The Labute approximate surface area is 99.2 Å². The quantitative estimate of drug-likeness (QED) is 0.565. The highest BCUT2D eigenvalue weighted by molar-refractivity contribution is 14.1. The minimum absolute atomic E-state index is 1.16. The van der Waals surface area contributed by atoms with E-state index in [2.05, 4.69) is 53.5 Å². The Balaban J connectivity index is 3.05. The lowest BCUT2D eigenvalue weighted by Gasteiger charge is -2.01. The van der Waals surface area contributed by atoms with E-state index in [0.717, 1.165) is 5.57 Å². The Morgan fingerprint density at radius 3 is 2.43 bits per heavy atom. The summed E-state index contributed by atoms with van der Waals surface area (Å²) in [6, 6.07) is 10.3. The van der Waals surface area contributed by atoms with E-state index in [1.165, 1.54) is 9.14 Å². The lowest BCUT2D eigenvalue weighted by molar-refractivity contribution is 1.61. The van der Waals surface area contributed by atoms with E-state index >= 15 is 0 Å². The molecular formula is C13H13I. The molecule has 14 heavy (non-hydrogen) atoms. The topological polar surface area (TPSA) is 0 Å². The fourth-order valence-electron chi connectivity index (χ4n) is 1.12. The Hall–Kier alpha value is -0.830. The molecule has 0 aromatic heterocycles. The summed E-state index contributed by atoms with van der Waals surface area (Å²) in [5.41, 5.74) is 2.37. The molecule has 0 aliphatic rings. The summed E-state index contributed by atoms with van der Waals surface area (Å²) in [5, 5.41) is 0. The van der Waals surface area contributed by atoms with Gasteiger partial charge in [-0.25, -0.2) is 0 Å². The van der Waals surface area contributed by atoms with Gasteiger partial charge in [0, 0.05) is 3.58 Å². The minimum Gasteiger partial charge on any atom is -0.0984 e. The van der Waals surface area contributed by atoms with Gasteiger partial charge in [0.1, 0.15) is 0 Å². The molecule has 1 aromatic carbocycles. The summed E-state index contributed by atoms with van der Waals surface area (Å²) in [6.45, 7) is 5.86. The smallest absolute Gasteiger partial charge is 0.00933 e. The van der Waals surface area contributed by atoms with Gasteiger partial charge in [0.25, 0.3) is 0 Å². The van der Waals surface area contributed by atoms with E-state index in [0.29, 0.717) is 0 Å². The predicted octanol–water partition coefficient (Wildman–Crippen LogP) is 4.59.